The summed E-state index contributed by atoms with van der Waals surface area (Å²) in [5, 5.41) is 1.30. The molecule has 6 N–H and O–H groups in total. The van der Waals surface area contributed by atoms with Gasteiger partial charge < -0.3 is 21.1 Å². The maximum absolute atomic E-state index is 11.5. The summed E-state index contributed by atoms with van der Waals surface area (Å²) in [4.78, 5) is 28.4. The molecule has 0 atom stereocenters. The van der Waals surface area contributed by atoms with Crippen LogP contribution >= 0.6 is 46.4 Å². The molecule has 0 aliphatic heterocycles. The van der Waals surface area contributed by atoms with Crippen molar-refractivity contribution in [2.24, 2.45) is 21.5 Å². The first kappa shape index (κ1) is 21.7. The van der Waals surface area contributed by atoms with E-state index in [4.69, 9.17) is 57.9 Å². The van der Waals surface area contributed by atoms with E-state index in [0.29, 0.717) is 21.4 Å². The summed E-state index contributed by atoms with van der Waals surface area (Å²) in [6.07, 6.45) is -1.21. The lowest BCUT2D eigenvalue weighted by atomic mass is 10.3. The Kier molecular flexibility index (Phi) is 7.82. The number of halogens is 4. The molecule has 13 heteroatoms. The molecule has 0 saturated heterocycles. The van der Waals surface area contributed by atoms with E-state index < -0.39 is 6.16 Å². The van der Waals surface area contributed by atoms with Crippen LogP contribution < -0.4 is 22.4 Å². The van der Waals surface area contributed by atoms with Crippen molar-refractivity contribution in [3.63, 3.8) is 0 Å². The van der Waals surface area contributed by atoms with E-state index in [1.807, 2.05) is 0 Å². The number of nitrogens with two attached hydrogens (primary N) is 2. The predicted octanol–water partition coefficient (Wildman–Crippen LogP) is 4.06. The summed E-state index contributed by atoms with van der Waals surface area (Å²) in [6, 6.07) is 9.12. The smallest absolute Gasteiger partial charge is 0.367 e. The molecule has 0 spiro atoms. The highest BCUT2D eigenvalue weighted by molar-refractivity contribution is 6.42. The highest BCUT2D eigenvalue weighted by Crippen LogP contribution is 2.27. The van der Waals surface area contributed by atoms with Crippen molar-refractivity contribution < 1.29 is 14.5 Å². The lowest BCUT2D eigenvalue weighted by Gasteiger charge is -2.07. The topological polar surface area (TPSA) is 136 Å². The Morgan fingerprint density at radius 2 is 1.14 bits per heavy atom. The number of rotatable bonds is 2. The monoisotopic (exact) mass is 464 g/mol. The molecule has 9 nitrogen and oxygen atoms in total. The number of nitrogens with zero attached hydrogens (tertiary/aromatic N) is 2. The van der Waals surface area contributed by atoms with Crippen LogP contribution in [-0.2, 0) is 9.68 Å². The maximum atomic E-state index is 11.5. The van der Waals surface area contributed by atoms with Crippen LogP contribution in [0.25, 0.3) is 0 Å². The van der Waals surface area contributed by atoms with Crippen molar-refractivity contribution in [2.75, 3.05) is 0 Å². The fourth-order valence-corrected chi connectivity index (χ4v) is 2.23. The van der Waals surface area contributed by atoms with Gasteiger partial charge in [-0.05, 0) is 36.4 Å². The fourth-order valence-electron chi connectivity index (χ4n) is 1.64. The molecule has 0 amide bonds. The minimum Gasteiger partial charge on any atom is -0.367 e. The molecule has 0 saturated carbocycles. The number of benzene rings is 2. The Balaban J connectivity index is 1.82. The second kappa shape index (κ2) is 10.1. The van der Waals surface area contributed by atoms with Crippen molar-refractivity contribution in [3.05, 3.63) is 56.5 Å². The van der Waals surface area contributed by atoms with Crippen LogP contribution in [0.4, 0.5) is 16.2 Å². The fraction of sp³-hybridized carbons (Fsp3) is 0. The van der Waals surface area contributed by atoms with Crippen molar-refractivity contribution in [3.8, 4) is 0 Å². The highest BCUT2D eigenvalue weighted by atomic mass is 35.5. The number of hydrogen-bond acceptors (Lipinski definition) is 5. The van der Waals surface area contributed by atoms with Crippen molar-refractivity contribution in [2.45, 2.75) is 0 Å². The summed E-state index contributed by atoms with van der Waals surface area (Å²) in [5.74, 6) is -0.486. The second-order valence-corrected chi connectivity index (χ2v) is 6.48. The number of aliphatic imine (C=N–C) groups is 2. The van der Waals surface area contributed by atoms with Crippen molar-refractivity contribution in [1.29, 1.82) is 0 Å². The van der Waals surface area contributed by atoms with Crippen LogP contribution in [0.3, 0.4) is 0 Å². The van der Waals surface area contributed by atoms with Crippen LogP contribution in [-0.4, -0.2) is 18.1 Å². The van der Waals surface area contributed by atoms with E-state index in [1.165, 1.54) is 24.3 Å². The van der Waals surface area contributed by atoms with Crippen LogP contribution in [0.15, 0.2) is 46.4 Å². The normalized spacial score (nSPS) is 11.7. The molecule has 0 aromatic heterocycles. The highest BCUT2D eigenvalue weighted by Gasteiger charge is 2.07. The van der Waals surface area contributed by atoms with Crippen LogP contribution in [0, 0.1) is 0 Å². The minimum absolute atomic E-state index is 0.243. The molecule has 2 aromatic carbocycles. The Morgan fingerprint density at radius 3 is 1.50 bits per heavy atom. The van der Waals surface area contributed by atoms with Gasteiger partial charge in [-0.3, -0.25) is 0 Å². The third-order valence-corrected chi connectivity index (χ3v) is 4.26. The van der Waals surface area contributed by atoms with Gasteiger partial charge in [0.05, 0.1) is 31.5 Å². The Hall–Kier alpha value is -2.59. The Bertz CT molecular complexity index is 864. The molecule has 0 aliphatic rings. The zero-order valence-electron chi connectivity index (χ0n) is 13.7. The van der Waals surface area contributed by atoms with Gasteiger partial charge in [0.25, 0.3) is 0 Å². The third-order valence-electron chi connectivity index (χ3n) is 2.78. The molecule has 0 aliphatic carbocycles. The van der Waals surface area contributed by atoms with Gasteiger partial charge in [0.2, 0.25) is 11.9 Å². The average molecular weight is 466 g/mol. The summed E-state index contributed by atoms with van der Waals surface area (Å²) in [5.41, 5.74) is 16.0. The summed E-state index contributed by atoms with van der Waals surface area (Å²) in [7, 11) is 0. The van der Waals surface area contributed by atoms with Crippen molar-refractivity contribution in [1.82, 2.24) is 11.0 Å². The molecular formula is C15H12Cl4N6O3. The molecule has 0 unspecified atom stereocenters. The number of carbonyl (C=O) groups is 1. The largest absolute Gasteiger partial charge is 0.558 e. The first-order valence-electron chi connectivity index (χ1n) is 7.22. The van der Waals surface area contributed by atoms with Crippen LogP contribution in [0.2, 0.25) is 20.1 Å². The zero-order chi connectivity index (χ0) is 20.7. The minimum atomic E-state index is -1.21. The summed E-state index contributed by atoms with van der Waals surface area (Å²) in [6.45, 7) is 0. The van der Waals surface area contributed by atoms with E-state index in [-0.39, 0.29) is 22.0 Å². The van der Waals surface area contributed by atoms with Crippen LogP contribution in [0.5, 0.6) is 0 Å². The van der Waals surface area contributed by atoms with E-state index in [2.05, 4.69) is 30.6 Å². The SMILES string of the molecule is NC(=Nc1ccc(Cl)c(Cl)c1)NOC(=O)ONC(N)=Nc1ccc(Cl)c(Cl)c1. The van der Waals surface area contributed by atoms with Crippen LogP contribution in [0.1, 0.15) is 0 Å². The molecule has 28 heavy (non-hydrogen) atoms. The number of nitrogens with one attached hydrogen (secondary N) is 2. The molecule has 0 heterocycles. The predicted molar refractivity (Wildman–Crippen MR) is 109 cm³/mol. The van der Waals surface area contributed by atoms with Gasteiger partial charge in [0, 0.05) is 0 Å². The molecule has 2 rings (SSSR count). The summed E-state index contributed by atoms with van der Waals surface area (Å²) >= 11 is 23.3. The number of carbonyl (C=O) groups excluding carboxylic acids is 1. The van der Waals surface area contributed by atoms with Gasteiger partial charge in [-0.15, -0.1) is 0 Å². The van der Waals surface area contributed by atoms with Crippen molar-refractivity contribution >= 4 is 75.9 Å². The Morgan fingerprint density at radius 1 is 0.750 bits per heavy atom. The summed E-state index contributed by atoms with van der Waals surface area (Å²) < 4.78 is 0. The zero-order valence-corrected chi connectivity index (χ0v) is 16.8. The number of hydrogen-bond donors (Lipinski definition) is 4. The molecule has 0 bridgehead atoms. The molecular weight excluding hydrogens is 454 g/mol. The Labute approximate surface area is 179 Å². The average Bonchev–Trinajstić information content (AvgIpc) is 2.64. The quantitative estimate of drug-likeness (QED) is 0.298. The van der Waals surface area contributed by atoms with Gasteiger partial charge in [-0.2, -0.15) is 15.8 Å². The lowest BCUT2D eigenvalue weighted by Crippen LogP contribution is -2.38. The van der Waals surface area contributed by atoms with Gasteiger partial charge in [0.15, 0.2) is 0 Å². The first-order chi connectivity index (χ1) is 13.2. The lowest BCUT2D eigenvalue weighted by molar-refractivity contribution is 0.0179. The van der Waals surface area contributed by atoms with Gasteiger partial charge in [-0.1, -0.05) is 46.4 Å². The van der Waals surface area contributed by atoms with Gasteiger partial charge in [0.1, 0.15) is 0 Å². The molecule has 2 aromatic rings. The van der Waals surface area contributed by atoms with Gasteiger partial charge in [-0.25, -0.2) is 9.98 Å². The first-order valence-corrected chi connectivity index (χ1v) is 8.74. The van der Waals surface area contributed by atoms with E-state index in [1.54, 1.807) is 12.1 Å². The number of hydroxylamine groups is 2. The van der Waals surface area contributed by atoms with E-state index in [0.717, 1.165) is 0 Å². The second-order valence-electron chi connectivity index (χ2n) is 4.85. The standard InChI is InChI=1S/C15H12Cl4N6O3/c16-9-3-1-7(5-11(9)18)22-13(20)24-27-15(26)28-25-14(21)23-8-2-4-10(17)12(19)6-8/h1-6H,(H3,20,22,24)(H3,21,23,25). The maximum Gasteiger partial charge on any atom is 0.558 e. The molecule has 0 radical (unpaired) electrons. The number of guanidine groups is 2. The van der Waals surface area contributed by atoms with E-state index in [9.17, 15) is 4.79 Å². The van der Waals surface area contributed by atoms with Gasteiger partial charge >= 0.3 is 6.16 Å². The van der Waals surface area contributed by atoms with E-state index >= 15 is 0 Å². The third kappa shape index (κ3) is 6.86. The molecule has 0 fully saturated rings. The molecule has 148 valence electrons.